The fourth-order valence-corrected chi connectivity index (χ4v) is 6.79. The highest BCUT2D eigenvalue weighted by Gasteiger charge is 2.40. The molecule has 4 N–H and O–H groups in total. The molecule has 0 bridgehead atoms. The zero-order chi connectivity index (χ0) is 42.0. The molecule has 14 nitrogen and oxygen atoms in total. The van der Waals surface area contributed by atoms with E-state index in [0.717, 1.165) is 23.3 Å². The summed E-state index contributed by atoms with van der Waals surface area (Å²) in [6.07, 6.45) is -0.169. The second-order valence-electron chi connectivity index (χ2n) is 15.5. The van der Waals surface area contributed by atoms with Gasteiger partial charge in [0.2, 0.25) is 17.7 Å². The van der Waals surface area contributed by atoms with Crippen molar-refractivity contribution < 1.29 is 47.0 Å². The number of rotatable bonds is 14. The summed E-state index contributed by atoms with van der Waals surface area (Å²) in [5, 5.41) is 10.9. The van der Waals surface area contributed by atoms with E-state index in [0.29, 0.717) is 37.3 Å². The number of likely N-dealkylation sites (N-methyl/N-ethyl adjacent to an activating group) is 1. The lowest BCUT2D eigenvalue weighted by Gasteiger charge is -2.36. The molecule has 2 aliphatic heterocycles. The summed E-state index contributed by atoms with van der Waals surface area (Å²) in [6.45, 7) is 8.19. The molecule has 3 atom stereocenters. The van der Waals surface area contributed by atoms with Crippen molar-refractivity contribution >= 4 is 41.3 Å². The van der Waals surface area contributed by atoms with Crippen LogP contribution in [0.15, 0.2) is 66.7 Å². The van der Waals surface area contributed by atoms with Crippen LogP contribution >= 0.6 is 0 Å². The highest BCUT2D eigenvalue weighted by molar-refractivity contribution is 5.97. The van der Waals surface area contributed by atoms with E-state index in [1.807, 2.05) is 35.2 Å². The van der Waals surface area contributed by atoms with Gasteiger partial charge in [-0.05, 0) is 87.4 Å². The van der Waals surface area contributed by atoms with Crippen LogP contribution in [0, 0.1) is 17.6 Å². The Balaban J connectivity index is 1.32. The molecule has 312 valence electrons. The van der Waals surface area contributed by atoms with E-state index < -0.39 is 71.0 Å². The zero-order valence-corrected chi connectivity index (χ0v) is 33.4. The number of benzene rings is 3. The molecular weight excluding hydrogens is 754 g/mol. The van der Waals surface area contributed by atoms with Gasteiger partial charge in [-0.3, -0.25) is 24.2 Å². The molecule has 3 aromatic rings. The third kappa shape index (κ3) is 12.0. The van der Waals surface area contributed by atoms with E-state index in [2.05, 4.69) is 21.3 Å². The lowest BCUT2D eigenvalue weighted by molar-refractivity contribution is -0.127. The van der Waals surface area contributed by atoms with Gasteiger partial charge in [-0.2, -0.15) is 0 Å². The minimum atomic E-state index is -1.09. The van der Waals surface area contributed by atoms with Gasteiger partial charge >= 0.3 is 12.2 Å². The Hall–Kier alpha value is -5.61. The number of para-hydroxylation sites is 1. The van der Waals surface area contributed by atoms with Gasteiger partial charge < -0.3 is 35.5 Å². The fraction of sp³-hybridized carbons (Fsp3) is 0.452. The summed E-state index contributed by atoms with van der Waals surface area (Å²) in [4.78, 5) is 68.8. The van der Waals surface area contributed by atoms with Crippen LogP contribution in [0.25, 0.3) is 0 Å². The first-order valence-corrected chi connectivity index (χ1v) is 19.3. The van der Waals surface area contributed by atoms with Gasteiger partial charge in [0.25, 0.3) is 0 Å². The zero-order valence-electron chi connectivity index (χ0n) is 33.4. The number of ether oxygens (including phenoxy) is 3. The number of hydrogen-bond donors (Lipinski definition) is 4. The largest absolute Gasteiger partial charge is 0.445 e. The van der Waals surface area contributed by atoms with Crippen molar-refractivity contribution in [3.05, 3.63) is 95.1 Å². The SMILES string of the molecule is C[C@@H](C(=O)N[C@H](CN1Cc2ccc(NC(=O)CCNC(=O)OCc3ccccc3)cc2[C@H]1C(=O)Nc1c(F)cccc1F)C1CCOCC1)N(C)C(=O)OC(C)(C)C. The molecule has 0 unspecified atom stereocenters. The Morgan fingerprint density at radius 2 is 1.64 bits per heavy atom. The molecule has 2 aliphatic rings. The van der Waals surface area contributed by atoms with Crippen molar-refractivity contribution in [2.24, 2.45) is 5.92 Å². The molecule has 1 fully saturated rings. The molecule has 58 heavy (non-hydrogen) atoms. The maximum atomic E-state index is 14.8. The van der Waals surface area contributed by atoms with E-state index in [1.165, 1.54) is 18.0 Å². The van der Waals surface area contributed by atoms with Crippen LogP contribution in [0.3, 0.4) is 0 Å². The third-order valence-electron chi connectivity index (χ3n) is 9.99. The minimum absolute atomic E-state index is 0.00288. The van der Waals surface area contributed by atoms with E-state index in [1.54, 1.807) is 45.9 Å². The molecule has 16 heteroatoms. The second kappa shape index (κ2) is 19.7. The summed E-state index contributed by atoms with van der Waals surface area (Å²) >= 11 is 0. The molecular formula is C42H52F2N6O8. The molecule has 2 heterocycles. The second-order valence-corrected chi connectivity index (χ2v) is 15.5. The number of carbonyl (C=O) groups is 5. The van der Waals surface area contributed by atoms with Crippen LogP contribution < -0.4 is 21.3 Å². The molecule has 1 saturated heterocycles. The van der Waals surface area contributed by atoms with Crippen molar-refractivity contribution in [1.82, 2.24) is 20.4 Å². The minimum Gasteiger partial charge on any atom is -0.445 e. The topological polar surface area (TPSA) is 168 Å². The van der Waals surface area contributed by atoms with Crippen molar-refractivity contribution in [2.45, 2.75) is 83.8 Å². The molecule has 3 aromatic carbocycles. The predicted octanol–water partition coefficient (Wildman–Crippen LogP) is 5.88. The van der Waals surface area contributed by atoms with Crippen LogP contribution in [-0.2, 0) is 41.7 Å². The normalized spacial score (nSPS) is 16.6. The van der Waals surface area contributed by atoms with Gasteiger partial charge in [-0.15, -0.1) is 0 Å². The average Bonchev–Trinajstić information content (AvgIpc) is 3.54. The number of nitrogens with zero attached hydrogens (tertiary/aromatic N) is 2. The predicted molar refractivity (Wildman–Crippen MR) is 211 cm³/mol. The van der Waals surface area contributed by atoms with Gasteiger partial charge in [0, 0.05) is 58.0 Å². The summed E-state index contributed by atoms with van der Waals surface area (Å²) in [6, 6.07) is 15.0. The molecule has 0 saturated carbocycles. The Bertz CT molecular complexity index is 1920. The molecule has 5 amide bonds. The molecule has 0 aromatic heterocycles. The summed E-state index contributed by atoms with van der Waals surface area (Å²) < 4.78 is 45.9. The number of carbonyl (C=O) groups excluding carboxylic acids is 5. The van der Waals surface area contributed by atoms with E-state index >= 15 is 0 Å². The summed E-state index contributed by atoms with van der Waals surface area (Å²) in [5.74, 6) is -3.54. The Morgan fingerprint density at radius 3 is 2.31 bits per heavy atom. The van der Waals surface area contributed by atoms with Gasteiger partial charge in [-0.25, -0.2) is 18.4 Å². The molecule has 5 rings (SSSR count). The monoisotopic (exact) mass is 806 g/mol. The Morgan fingerprint density at radius 1 is 0.948 bits per heavy atom. The van der Waals surface area contributed by atoms with E-state index in [4.69, 9.17) is 14.2 Å². The molecule has 0 aliphatic carbocycles. The molecule has 0 radical (unpaired) electrons. The standard InChI is InChI=1S/C42H52F2N6O8/c1-26(49(5)41(55)58-42(2,3)4)38(52)47-34(28-17-20-56-21-18-28)24-50-23-29-14-15-30(22-31(29)37(50)39(53)48-36-32(43)12-9-13-33(36)44)46-35(51)16-19-45-40(54)57-25-27-10-7-6-8-11-27/h6-15,22,26,28,34,37H,16-21,23-25H2,1-5H3,(H,45,54)(H,46,51)(H,47,52)(H,48,53)/t26-,34+,37-/m0/s1. The molecule has 0 spiro atoms. The van der Waals surface area contributed by atoms with Gasteiger partial charge in [-0.1, -0.05) is 42.5 Å². The van der Waals surface area contributed by atoms with Crippen molar-refractivity contribution in [3.8, 4) is 0 Å². The van der Waals surface area contributed by atoms with Crippen LogP contribution in [0.4, 0.5) is 29.7 Å². The number of alkyl carbamates (subject to hydrolysis) is 1. The first-order valence-electron chi connectivity index (χ1n) is 19.3. The number of anilines is 2. The van der Waals surface area contributed by atoms with E-state index in [-0.39, 0.29) is 38.6 Å². The number of nitrogens with one attached hydrogen (secondary N) is 4. The number of amides is 5. The van der Waals surface area contributed by atoms with E-state index in [9.17, 15) is 32.8 Å². The summed E-state index contributed by atoms with van der Waals surface area (Å²) in [5.41, 5.74) is 1.03. The van der Waals surface area contributed by atoms with Gasteiger partial charge in [0.15, 0.2) is 0 Å². The van der Waals surface area contributed by atoms with Crippen LogP contribution in [0.2, 0.25) is 0 Å². The van der Waals surface area contributed by atoms with Crippen molar-refractivity contribution in [2.75, 3.05) is 44.0 Å². The van der Waals surface area contributed by atoms with Crippen LogP contribution in [-0.4, -0.2) is 90.7 Å². The quantitative estimate of drug-likeness (QED) is 0.156. The lowest BCUT2D eigenvalue weighted by atomic mass is 9.90. The van der Waals surface area contributed by atoms with Crippen molar-refractivity contribution in [1.29, 1.82) is 0 Å². The number of fused-ring (bicyclic) bond motifs is 1. The number of hydrogen-bond acceptors (Lipinski definition) is 9. The van der Waals surface area contributed by atoms with Gasteiger partial charge in [0.05, 0.1) is 0 Å². The number of halogens is 2. The Kier molecular flexibility index (Phi) is 14.8. The Labute approximate surface area is 336 Å². The first kappa shape index (κ1) is 43.5. The third-order valence-corrected chi connectivity index (χ3v) is 9.99. The van der Waals surface area contributed by atoms with Crippen LogP contribution in [0.1, 0.15) is 69.7 Å². The maximum Gasteiger partial charge on any atom is 0.410 e. The van der Waals surface area contributed by atoms with Crippen molar-refractivity contribution in [3.63, 3.8) is 0 Å². The first-order chi connectivity index (χ1) is 27.6. The average molecular weight is 807 g/mol. The fourth-order valence-electron chi connectivity index (χ4n) is 6.79. The maximum absolute atomic E-state index is 14.8. The lowest BCUT2D eigenvalue weighted by Crippen LogP contribution is -2.55. The highest BCUT2D eigenvalue weighted by atomic mass is 19.1. The van der Waals surface area contributed by atoms with Gasteiger partial charge in [0.1, 0.15) is 41.6 Å². The summed E-state index contributed by atoms with van der Waals surface area (Å²) in [7, 11) is 1.48. The highest BCUT2D eigenvalue weighted by Crippen LogP contribution is 2.38. The smallest absolute Gasteiger partial charge is 0.410 e. The van der Waals surface area contributed by atoms with Crippen LogP contribution in [0.5, 0.6) is 0 Å².